The van der Waals surface area contributed by atoms with Crippen LogP contribution in [0.2, 0.25) is 0 Å². The van der Waals surface area contributed by atoms with Crippen molar-refractivity contribution < 1.29 is 0 Å². The maximum Gasteiger partial charge on any atom is 0.0964 e. The van der Waals surface area contributed by atoms with E-state index in [0.29, 0.717) is 11.5 Å². The summed E-state index contributed by atoms with van der Waals surface area (Å²) in [5.74, 6) is 0. The summed E-state index contributed by atoms with van der Waals surface area (Å²) in [5.41, 5.74) is 1.37. The van der Waals surface area contributed by atoms with E-state index in [1.54, 1.807) is 0 Å². The summed E-state index contributed by atoms with van der Waals surface area (Å²) in [6, 6.07) is 0.486. The number of aryl methyl sites for hydroxylation is 1. The summed E-state index contributed by atoms with van der Waals surface area (Å²) < 4.78 is 1.93. The van der Waals surface area contributed by atoms with Crippen LogP contribution in [0.1, 0.15) is 46.7 Å². The van der Waals surface area contributed by atoms with E-state index in [4.69, 9.17) is 0 Å². The molecule has 0 radical (unpaired) electrons. The normalized spacial score (nSPS) is 12.4. The van der Waals surface area contributed by atoms with Gasteiger partial charge in [-0.2, -0.15) is 0 Å². The lowest BCUT2D eigenvalue weighted by Crippen LogP contribution is -2.21. The second-order valence-electron chi connectivity index (χ2n) is 5.82. The second kappa shape index (κ2) is 5.43. The van der Waals surface area contributed by atoms with Gasteiger partial charge in [-0.3, -0.25) is 4.68 Å². The van der Waals surface area contributed by atoms with E-state index in [1.807, 2.05) is 10.9 Å². The van der Waals surface area contributed by atoms with Crippen molar-refractivity contribution in [1.82, 2.24) is 20.3 Å². The van der Waals surface area contributed by atoms with Crippen LogP contribution in [0.3, 0.4) is 0 Å². The summed E-state index contributed by atoms with van der Waals surface area (Å²) in [6.45, 7) is 12.7. The molecule has 16 heavy (non-hydrogen) atoms. The van der Waals surface area contributed by atoms with Crippen molar-refractivity contribution >= 4 is 0 Å². The van der Waals surface area contributed by atoms with Gasteiger partial charge in [-0.05, 0) is 11.8 Å². The Hall–Kier alpha value is -0.900. The van der Waals surface area contributed by atoms with Gasteiger partial charge < -0.3 is 5.32 Å². The van der Waals surface area contributed by atoms with Gasteiger partial charge in [0.15, 0.2) is 0 Å². The molecule has 1 N–H and O–H groups in total. The topological polar surface area (TPSA) is 42.7 Å². The van der Waals surface area contributed by atoms with Crippen molar-refractivity contribution in [3.63, 3.8) is 0 Å². The molecule has 1 aromatic rings. The minimum Gasteiger partial charge on any atom is -0.309 e. The molecule has 0 unspecified atom stereocenters. The van der Waals surface area contributed by atoms with Gasteiger partial charge in [0.05, 0.1) is 5.69 Å². The number of rotatable bonds is 5. The van der Waals surface area contributed by atoms with E-state index in [1.165, 1.54) is 0 Å². The van der Waals surface area contributed by atoms with E-state index in [0.717, 1.165) is 25.2 Å². The maximum absolute atomic E-state index is 4.14. The second-order valence-corrected chi connectivity index (χ2v) is 5.82. The molecule has 0 aliphatic heterocycles. The lowest BCUT2D eigenvalue weighted by Gasteiger charge is -2.17. The number of hydrogen-bond donors (Lipinski definition) is 1. The molecule has 0 aliphatic rings. The van der Waals surface area contributed by atoms with Crippen molar-refractivity contribution in [1.29, 1.82) is 0 Å². The van der Waals surface area contributed by atoms with Crippen LogP contribution in [0.5, 0.6) is 0 Å². The Morgan fingerprint density at radius 2 is 2.06 bits per heavy atom. The average molecular weight is 224 g/mol. The molecule has 4 heteroatoms. The van der Waals surface area contributed by atoms with E-state index in [-0.39, 0.29) is 0 Å². The number of aromatic nitrogens is 3. The van der Waals surface area contributed by atoms with Crippen molar-refractivity contribution in [2.24, 2.45) is 5.41 Å². The Bertz CT molecular complexity index is 309. The summed E-state index contributed by atoms with van der Waals surface area (Å²) in [5, 5.41) is 11.6. The van der Waals surface area contributed by atoms with Crippen LogP contribution >= 0.6 is 0 Å². The van der Waals surface area contributed by atoms with Crippen LogP contribution in [-0.2, 0) is 13.1 Å². The molecule has 1 heterocycles. The van der Waals surface area contributed by atoms with Gasteiger partial charge in [0, 0.05) is 25.3 Å². The fourth-order valence-electron chi connectivity index (χ4n) is 1.29. The Morgan fingerprint density at radius 1 is 1.38 bits per heavy atom. The fourth-order valence-corrected chi connectivity index (χ4v) is 1.29. The molecule has 0 aliphatic carbocycles. The zero-order chi connectivity index (χ0) is 12.2. The fraction of sp³-hybridized carbons (Fsp3) is 0.833. The molecule has 0 spiro atoms. The smallest absolute Gasteiger partial charge is 0.0964 e. The molecule has 0 amide bonds. The first-order valence-electron chi connectivity index (χ1n) is 5.99. The van der Waals surface area contributed by atoms with E-state index >= 15 is 0 Å². The van der Waals surface area contributed by atoms with Crippen molar-refractivity contribution in [3.05, 3.63) is 11.9 Å². The predicted octanol–water partition coefficient (Wildman–Crippen LogP) is 2.21. The number of nitrogens with zero attached hydrogens (tertiary/aromatic N) is 3. The maximum atomic E-state index is 4.14. The summed E-state index contributed by atoms with van der Waals surface area (Å²) in [7, 11) is 0. The first kappa shape index (κ1) is 13.2. The van der Waals surface area contributed by atoms with Crippen LogP contribution in [0, 0.1) is 5.41 Å². The zero-order valence-corrected chi connectivity index (χ0v) is 11.1. The molecule has 0 bridgehead atoms. The van der Waals surface area contributed by atoms with Gasteiger partial charge >= 0.3 is 0 Å². The third-order valence-electron chi connectivity index (χ3n) is 2.37. The molecular formula is C12H24N4. The minimum absolute atomic E-state index is 0.349. The average Bonchev–Trinajstić information content (AvgIpc) is 2.58. The Labute approximate surface area is 98.4 Å². The lowest BCUT2D eigenvalue weighted by molar-refractivity contribution is 0.339. The standard InChI is InChI=1S/C12H24N4/c1-10(2)13-8-11-9-16(15-14-11)7-6-12(3,4)5/h9-10,13H,6-8H2,1-5H3. The largest absolute Gasteiger partial charge is 0.309 e. The van der Waals surface area contributed by atoms with Crippen molar-refractivity contribution in [3.8, 4) is 0 Å². The molecule has 0 saturated carbocycles. The first-order valence-corrected chi connectivity index (χ1v) is 5.99. The zero-order valence-electron chi connectivity index (χ0n) is 11.1. The van der Waals surface area contributed by atoms with Crippen LogP contribution < -0.4 is 5.32 Å². The van der Waals surface area contributed by atoms with Crippen molar-refractivity contribution in [2.75, 3.05) is 0 Å². The van der Waals surface area contributed by atoms with Crippen LogP contribution in [0.15, 0.2) is 6.20 Å². The van der Waals surface area contributed by atoms with Crippen molar-refractivity contribution in [2.45, 2.75) is 60.2 Å². The summed E-state index contributed by atoms with van der Waals surface area (Å²) in [6.07, 6.45) is 3.15. The molecule has 92 valence electrons. The molecule has 1 aromatic heterocycles. The van der Waals surface area contributed by atoms with Crippen LogP contribution in [0.25, 0.3) is 0 Å². The highest BCUT2D eigenvalue weighted by atomic mass is 15.4. The van der Waals surface area contributed by atoms with Gasteiger partial charge in [-0.1, -0.05) is 39.8 Å². The van der Waals surface area contributed by atoms with E-state index in [9.17, 15) is 0 Å². The third-order valence-corrected chi connectivity index (χ3v) is 2.37. The molecular weight excluding hydrogens is 200 g/mol. The Balaban J connectivity index is 2.39. The van der Waals surface area contributed by atoms with Crippen LogP contribution in [-0.4, -0.2) is 21.0 Å². The Morgan fingerprint density at radius 3 is 2.62 bits per heavy atom. The quantitative estimate of drug-likeness (QED) is 0.834. The molecule has 1 rings (SSSR count). The van der Waals surface area contributed by atoms with E-state index in [2.05, 4.69) is 50.2 Å². The van der Waals surface area contributed by atoms with Gasteiger partial charge in [-0.15, -0.1) is 5.10 Å². The SMILES string of the molecule is CC(C)NCc1cn(CCC(C)(C)C)nn1. The molecule has 0 atom stereocenters. The highest BCUT2D eigenvalue weighted by molar-refractivity contribution is 4.91. The summed E-state index contributed by atoms with van der Waals surface area (Å²) in [4.78, 5) is 0. The highest BCUT2D eigenvalue weighted by Crippen LogP contribution is 2.18. The third kappa shape index (κ3) is 5.26. The van der Waals surface area contributed by atoms with Gasteiger partial charge in [0.25, 0.3) is 0 Å². The molecule has 0 aromatic carbocycles. The predicted molar refractivity (Wildman–Crippen MR) is 66.1 cm³/mol. The lowest BCUT2D eigenvalue weighted by atomic mass is 9.92. The molecule has 0 saturated heterocycles. The minimum atomic E-state index is 0.349. The van der Waals surface area contributed by atoms with E-state index < -0.39 is 0 Å². The number of hydrogen-bond acceptors (Lipinski definition) is 3. The molecule has 4 nitrogen and oxygen atoms in total. The van der Waals surface area contributed by atoms with Gasteiger partial charge in [0.1, 0.15) is 0 Å². The highest BCUT2D eigenvalue weighted by Gasteiger charge is 2.10. The first-order chi connectivity index (χ1) is 7.37. The monoisotopic (exact) mass is 224 g/mol. The van der Waals surface area contributed by atoms with Gasteiger partial charge in [-0.25, -0.2) is 0 Å². The van der Waals surface area contributed by atoms with Crippen LogP contribution in [0.4, 0.5) is 0 Å². The summed E-state index contributed by atoms with van der Waals surface area (Å²) >= 11 is 0. The Kier molecular flexibility index (Phi) is 4.47. The number of nitrogens with one attached hydrogen (secondary N) is 1. The van der Waals surface area contributed by atoms with Gasteiger partial charge in [0.2, 0.25) is 0 Å². The molecule has 0 fully saturated rings.